The van der Waals surface area contributed by atoms with Gasteiger partial charge in [0.15, 0.2) is 0 Å². The molecule has 0 bridgehead atoms. The van der Waals surface area contributed by atoms with E-state index in [9.17, 15) is 4.79 Å². The van der Waals surface area contributed by atoms with Crippen LogP contribution in [0.25, 0.3) is 0 Å². The van der Waals surface area contributed by atoms with Gasteiger partial charge in [0.1, 0.15) is 0 Å². The third kappa shape index (κ3) is 2.25. The van der Waals surface area contributed by atoms with Crippen molar-refractivity contribution >= 4 is 6.03 Å². The van der Waals surface area contributed by atoms with Crippen LogP contribution in [0.5, 0.6) is 0 Å². The van der Waals surface area contributed by atoms with Crippen molar-refractivity contribution in [2.45, 2.75) is 38.8 Å². The molecular weight excluding hydrogens is 190 g/mol. The molecule has 2 aliphatic heterocycles. The van der Waals surface area contributed by atoms with Crippen molar-refractivity contribution in [3.05, 3.63) is 0 Å². The summed E-state index contributed by atoms with van der Waals surface area (Å²) in [5.41, 5.74) is -0.138. The Morgan fingerprint density at radius 1 is 1.40 bits per heavy atom. The molecule has 2 N–H and O–H groups in total. The molecule has 2 atom stereocenters. The quantitative estimate of drug-likeness (QED) is 0.622. The average molecular weight is 211 g/mol. The lowest BCUT2D eigenvalue weighted by atomic mass is 10.1. The fourth-order valence-corrected chi connectivity index (χ4v) is 2.49. The molecule has 0 radical (unpaired) electrons. The van der Waals surface area contributed by atoms with Gasteiger partial charge in [-0.2, -0.15) is 0 Å². The SMILES string of the molecule is CC(C)(C)NC(=O)N1CC[C@H]2CNC[C@@H]21. The van der Waals surface area contributed by atoms with Crippen molar-refractivity contribution in [2.75, 3.05) is 19.6 Å². The van der Waals surface area contributed by atoms with Crippen molar-refractivity contribution in [2.24, 2.45) is 5.92 Å². The first-order valence-electron chi connectivity index (χ1n) is 5.77. The second kappa shape index (κ2) is 3.67. The molecule has 4 nitrogen and oxygen atoms in total. The molecule has 0 spiro atoms. The largest absolute Gasteiger partial charge is 0.333 e. The summed E-state index contributed by atoms with van der Waals surface area (Å²) < 4.78 is 0. The fraction of sp³-hybridized carbons (Fsp3) is 0.909. The highest BCUT2D eigenvalue weighted by molar-refractivity contribution is 5.75. The number of carbonyl (C=O) groups excluding carboxylic acids is 1. The molecule has 4 heteroatoms. The molecule has 2 saturated heterocycles. The number of nitrogens with zero attached hydrogens (tertiary/aromatic N) is 1. The standard InChI is InChI=1S/C11H21N3O/c1-11(2,3)13-10(15)14-5-4-8-6-12-7-9(8)14/h8-9,12H,4-7H2,1-3H3,(H,13,15)/t8-,9-/m0/s1. The number of rotatable bonds is 0. The van der Waals surface area contributed by atoms with Crippen LogP contribution in [0.2, 0.25) is 0 Å². The van der Waals surface area contributed by atoms with E-state index in [2.05, 4.69) is 10.6 Å². The van der Waals surface area contributed by atoms with Crippen LogP contribution >= 0.6 is 0 Å². The van der Waals surface area contributed by atoms with Gasteiger partial charge in [-0.3, -0.25) is 0 Å². The zero-order valence-corrected chi connectivity index (χ0v) is 9.84. The third-order valence-electron chi connectivity index (χ3n) is 3.19. The number of carbonyl (C=O) groups is 1. The Bertz CT molecular complexity index is 259. The molecule has 0 aliphatic carbocycles. The molecular formula is C11H21N3O. The van der Waals surface area contributed by atoms with Gasteiger partial charge in [0.2, 0.25) is 0 Å². The number of urea groups is 1. The maximum absolute atomic E-state index is 12.0. The van der Waals surface area contributed by atoms with Crippen LogP contribution in [0.1, 0.15) is 27.2 Å². The van der Waals surface area contributed by atoms with Crippen LogP contribution in [0.15, 0.2) is 0 Å². The van der Waals surface area contributed by atoms with Crippen molar-refractivity contribution in [3.63, 3.8) is 0 Å². The first-order chi connectivity index (χ1) is 6.97. The van der Waals surface area contributed by atoms with Crippen molar-refractivity contribution in [1.82, 2.24) is 15.5 Å². The average Bonchev–Trinajstić information content (AvgIpc) is 2.57. The van der Waals surface area contributed by atoms with Crippen molar-refractivity contribution < 1.29 is 4.79 Å². The van der Waals surface area contributed by atoms with Crippen LogP contribution < -0.4 is 10.6 Å². The molecule has 0 aromatic carbocycles. The van der Waals surface area contributed by atoms with E-state index in [0.717, 1.165) is 26.1 Å². The minimum absolute atomic E-state index is 0.0960. The molecule has 86 valence electrons. The summed E-state index contributed by atoms with van der Waals surface area (Å²) in [7, 11) is 0. The summed E-state index contributed by atoms with van der Waals surface area (Å²) in [6.45, 7) is 9.01. The van der Waals surface area contributed by atoms with Crippen molar-refractivity contribution in [1.29, 1.82) is 0 Å². The number of hydrogen-bond donors (Lipinski definition) is 2. The third-order valence-corrected chi connectivity index (χ3v) is 3.19. The second-order valence-corrected chi connectivity index (χ2v) is 5.65. The van der Waals surface area contributed by atoms with Crippen molar-refractivity contribution in [3.8, 4) is 0 Å². The minimum atomic E-state index is -0.138. The van der Waals surface area contributed by atoms with Crippen LogP contribution in [0.3, 0.4) is 0 Å². The Balaban J connectivity index is 1.96. The number of nitrogens with one attached hydrogen (secondary N) is 2. The van der Waals surface area contributed by atoms with E-state index in [1.807, 2.05) is 25.7 Å². The monoisotopic (exact) mass is 211 g/mol. The highest BCUT2D eigenvalue weighted by atomic mass is 16.2. The van der Waals surface area contributed by atoms with Gasteiger partial charge in [-0.1, -0.05) is 0 Å². The molecule has 2 amide bonds. The summed E-state index contributed by atoms with van der Waals surface area (Å²) in [4.78, 5) is 14.0. The predicted octanol–water partition coefficient (Wildman–Crippen LogP) is 0.788. The van der Waals surface area contributed by atoms with Crippen LogP contribution in [-0.2, 0) is 0 Å². The second-order valence-electron chi connectivity index (χ2n) is 5.65. The van der Waals surface area contributed by atoms with E-state index in [4.69, 9.17) is 0 Å². The summed E-state index contributed by atoms with van der Waals surface area (Å²) in [5.74, 6) is 0.677. The number of hydrogen-bond acceptors (Lipinski definition) is 2. The van der Waals surface area contributed by atoms with E-state index < -0.39 is 0 Å². The summed E-state index contributed by atoms with van der Waals surface area (Å²) >= 11 is 0. The van der Waals surface area contributed by atoms with Crippen LogP contribution in [-0.4, -0.2) is 42.1 Å². The normalized spacial score (nSPS) is 30.5. The molecule has 0 aromatic rings. The zero-order valence-electron chi connectivity index (χ0n) is 9.84. The smallest absolute Gasteiger partial charge is 0.318 e. The molecule has 2 rings (SSSR count). The lowest BCUT2D eigenvalue weighted by molar-refractivity contribution is 0.183. The highest BCUT2D eigenvalue weighted by Gasteiger charge is 2.40. The number of amides is 2. The molecule has 15 heavy (non-hydrogen) atoms. The van der Waals surface area contributed by atoms with Gasteiger partial charge in [-0.25, -0.2) is 4.79 Å². The van der Waals surface area contributed by atoms with Gasteiger partial charge in [-0.15, -0.1) is 0 Å². The molecule has 0 aromatic heterocycles. The minimum Gasteiger partial charge on any atom is -0.333 e. The van der Waals surface area contributed by atoms with Gasteiger partial charge in [0.25, 0.3) is 0 Å². The van der Waals surface area contributed by atoms with E-state index in [1.165, 1.54) is 0 Å². The van der Waals surface area contributed by atoms with Gasteiger partial charge in [0, 0.05) is 31.2 Å². The lowest BCUT2D eigenvalue weighted by Crippen LogP contribution is -2.51. The van der Waals surface area contributed by atoms with E-state index >= 15 is 0 Å². The lowest BCUT2D eigenvalue weighted by Gasteiger charge is -2.29. The molecule has 2 heterocycles. The van der Waals surface area contributed by atoms with E-state index in [1.54, 1.807) is 0 Å². The number of likely N-dealkylation sites (tertiary alicyclic amines) is 1. The summed E-state index contributed by atoms with van der Waals surface area (Å²) in [6.07, 6.45) is 1.15. The highest BCUT2D eigenvalue weighted by Crippen LogP contribution is 2.27. The first kappa shape index (κ1) is 10.7. The summed E-state index contributed by atoms with van der Waals surface area (Å²) in [6, 6.07) is 0.519. The maximum Gasteiger partial charge on any atom is 0.318 e. The van der Waals surface area contributed by atoms with Crippen LogP contribution in [0, 0.1) is 5.92 Å². The number of fused-ring (bicyclic) bond motifs is 1. The molecule has 0 saturated carbocycles. The zero-order chi connectivity index (χ0) is 11.1. The Morgan fingerprint density at radius 3 is 2.80 bits per heavy atom. The fourth-order valence-electron chi connectivity index (χ4n) is 2.49. The molecule has 0 unspecified atom stereocenters. The Hall–Kier alpha value is -0.770. The Labute approximate surface area is 91.4 Å². The van der Waals surface area contributed by atoms with Gasteiger partial charge in [-0.05, 0) is 33.1 Å². The first-order valence-corrected chi connectivity index (χ1v) is 5.77. The maximum atomic E-state index is 12.0. The topological polar surface area (TPSA) is 44.4 Å². The van der Waals surface area contributed by atoms with E-state index in [0.29, 0.717) is 12.0 Å². The molecule has 2 aliphatic rings. The molecule has 2 fully saturated rings. The Kier molecular flexibility index (Phi) is 2.63. The predicted molar refractivity (Wildman–Crippen MR) is 59.8 cm³/mol. The summed E-state index contributed by atoms with van der Waals surface area (Å²) in [5, 5.41) is 6.38. The van der Waals surface area contributed by atoms with Crippen LogP contribution in [0.4, 0.5) is 4.79 Å². The van der Waals surface area contributed by atoms with Gasteiger partial charge >= 0.3 is 6.03 Å². The van der Waals surface area contributed by atoms with E-state index in [-0.39, 0.29) is 11.6 Å². The van der Waals surface area contributed by atoms with Gasteiger partial charge in [0.05, 0.1) is 0 Å². The Morgan fingerprint density at radius 2 is 2.13 bits per heavy atom. The van der Waals surface area contributed by atoms with Gasteiger partial charge < -0.3 is 15.5 Å².